The fourth-order valence-corrected chi connectivity index (χ4v) is 1.71. The van der Waals surface area contributed by atoms with Gasteiger partial charge < -0.3 is 0 Å². The normalized spacial score (nSPS) is 11.3. The van der Waals surface area contributed by atoms with Crippen molar-refractivity contribution in [2.24, 2.45) is 0 Å². The number of halogens is 1. The second-order valence-electron chi connectivity index (χ2n) is 2.61. The molecule has 0 unspecified atom stereocenters. The van der Waals surface area contributed by atoms with E-state index in [1.54, 1.807) is 0 Å². The van der Waals surface area contributed by atoms with E-state index in [9.17, 15) is 22.9 Å². The first-order chi connectivity index (χ1) is 6.86. The Kier molecular flexibility index (Phi) is 3.01. The number of nitrogens with one attached hydrogen (secondary N) is 1. The molecule has 1 N–H and O–H groups in total. The molecule has 8 heteroatoms. The van der Waals surface area contributed by atoms with Crippen LogP contribution < -0.4 is 4.72 Å². The van der Waals surface area contributed by atoms with E-state index in [1.165, 1.54) is 0 Å². The topological polar surface area (TPSA) is 89.3 Å². The summed E-state index contributed by atoms with van der Waals surface area (Å²) in [6.45, 7) is 0. The van der Waals surface area contributed by atoms with Gasteiger partial charge in [0.05, 0.1) is 15.9 Å². The first kappa shape index (κ1) is 11.5. The Labute approximate surface area is 84.9 Å². The molecule has 1 rings (SSSR count). The van der Waals surface area contributed by atoms with Crippen molar-refractivity contribution in [2.45, 2.75) is 4.90 Å². The van der Waals surface area contributed by atoms with Gasteiger partial charge in [-0.2, -0.15) is 0 Å². The van der Waals surface area contributed by atoms with E-state index in [0.717, 1.165) is 13.1 Å². The minimum atomic E-state index is -3.87. The maximum absolute atomic E-state index is 12.9. The van der Waals surface area contributed by atoms with Gasteiger partial charge in [-0.15, -0.1) is 0 Å². The molecule has 15 heavy (non-hydrogen) atoms. The smallest absolute Gasteiger partial charge is 0.258 e. The molecule has 0 fully saturated rings. The first-order valence-electron chi connectivity index (χ1n) is 3.75. The largest absolute Gasteiger partial charge is 0.273 e. The van der Waals surface area contributed by atoms with Crippen LogP contribution in [0.15, 0.2) is 23.1 Å². The van der Waals surface area contributed by atoms with Crippen LogP contribution in [-0.2, 0) is 10.0 Å². The Bertz CT molecular complexity index is 500. The Morgan fingerprint density at radius 3 is 2.47 bits per heavy atom. The summed E-state index contributed by atoms with van der Waals surface area (Å²) in [6.07, 6.45) is 0. The van der Waals surface area contributed by atoms with Crippen LogP contribution in [0.5, 0.6) is 0 Å². The summed E-state index contributed by atoms with van der Waals surface area (Å²) in [7, 11) is -2.74. The quantitative estimate of drug-likeness (QED) is 0.614. The highest BCUT2D eigenvalue weighted by molar-refractivity contribution is 7.89. The van der Waals surface area contributed by atoms with E-state index >= 15 is 0 Å². The van der Waals surface area contributed by atoms with Crippen molar-refractivity contribution < 1.29 is 17.7 Å². The van der Waals surface area contributed by atoms with Crippen LogP contribution in [0, 0.1) is 15.9 Å². The van der Waals surface area contributed by atoms with Crippen LogP contribution >= 0.6 is 0 Å². The van der Waals surface area contributed by atoms with Crippen LogP contribution in [0.4, 0.5) is 10.1 Å². The molecule has 6 nitrogen and oxygen atoms in total. The maximum atomic E-state index is 12.9. The number of nitro benzene ring substituents is 1. The summed E-state index contributed by atoms with van der Waals surface area (Å²) in [5, 5.41) is 10.3. The molecular formula is C7H7FN2O4S. The van der Waals surface area contributed by atoms with Crippen molar-refractivity contribution in [1.82, 2.24) is 4.72 Å². The number of non-ortho nitro benzene ring substituents is 1. The molecule has 0 saturated carbocycles. The Morgan fingerprint density at radius 2 is 2.00 bits per heavy atom. The minimum absolute atomic E-state index is 0.475. The zero-order chi connectivity index (χ0) is 11.6. The van der Waals surface area contributed by atoms with Crippen LogP contribution in [0.2, 0.25) is 0 Å². The van der Waals surface area contributed by atoms with Crippen LogP contribution in [0.25, 0.3) is 0 Å². The Hall–Kier alpha value is -1.54. The highest BCUT2D eigenvalue weighted by Gasteiger charge is 2.17. The number of hydrogen-bond donors (Lipinski definition) is 1. The first-order valence-corrected chi connectivity index (χ1v) is 5.23. The molecule has 0 aliphatic rings. The molecule has 0 spiro atoms. The van der Waals surface area contributed by atoms with E-state index < -0.39 is 31.3 Å². The highest BCUT2D eigenvalue weighted by Crippen LogP contribution is 2.19. The molecule has 0 aliphatic heterocycles. The van der Waals surface area contributed by atoms with Gasteiger partial charge in [-0.1, -0.05) is 0 Å². The summed E-state index contributed by atoms with van der Waals surface area (Å²) in [5.41, 5.74) is -0.608. The average molecular weight is 234 g/mol. The lowest BCUT2D eigenvalue weighted by atomic mass is 10.3. The van der Waals surface area contributed by atoms with Crippen molar-refractivity contribution in [3.05, 3.63) is 34.1 Å². The zero-order valence-electron chi connectivity index (χ0n) is 7.60. The molecule has 0 atom stereocenters. The lowest BCUT2D eigenvalue weighted by molar-refractivity contribution is -0.385. The standard InChI is InChI=1S/C7H7FN2O4S/c1-9-15(13,14)7-3-5(8)2-6(4-7)10(11)12/h2-4,9H,1H3. The van der Waals surface area contributed by atoms with E-state index in [4.69, 9.17) is 0 Å². The molecule has 0 heterocycles. The zero-order valence-corrected chi connectivity index (χ0v) is 8.41. The molecule has 0 radical (unpaired) electrons. The van der Waals surface area contributed by atoms with Crippen LogP contribution in [-0.4, -0.2) is 20.4 Å². The van der Waals surface area contributed by atoms with Gasteiger partial charge in [-0.25, -0.2) is 17.5 Å². The number of nitrogens with zero attached hydrogens (tertiary/aromatic N) is 1. The fourth-order valence-electron chi connectivity index (χ4n) is 0.926. The molecule has 82 valence electrons. The summed E-state index contributed by atoms with van der Waals surface area (Å²) in [4.78, 5) is 9.01. The van der Waals surface area contributed by atoms with Crippen molar-refractivity contribution in [3.8, 4) is 0 Å². The van der Waals surface area contributed by atoms with Gasteiger partial charge in [-0.05, 0) is 13.1 Å². The van der Waals surface area contributed by atoms with E-state index in [-0.39, 0.29) is 0 Å². The van der Waals surface area contributed by atoms with E-state index in [1.807, 2.05) is 4.72 Å². The van der Waals surface area contributed by atoms with E-state index in [2.05, 4.69) is 0 Å². The number of rotatable bonds is 3. The highest BCUT2D eigenvalue weighted by atomic mass is 32.2. The lowest BCUT2D eigenvalue weighted by Gasteiger charge is -2.01. The predicted molar refractivity (Wildman–Crippen MR) is 49.3 cm³/mol. The summed E-state index contributed by atoms with van der Waals surface area (Å²) in [5.74, 6) is -0.974. The Balaban J connectivity index is 3.40. The molecule has 0 aromatic heterocycles. The number of hydrogen-bond acceptors (Lipinski definition) is 4. The van der Waals surface area contributed by atoms with Gasteiger partial charge in [0.1, 0.15) is 5.82 Å². The van der Waals surface area contributed by atoms with Crippen molar-refractivity contribution >= 4 is 15.7 Å². The molecule has 0 saturated heterocycles. The third-order valence-electron chi connectivity index (χ3n) is 1.65. The molecule has 1 aromatic carbocycles. The number of sulfonamides is 1. The van der Waals surface area contributed by atoms with Gasteiger partial charge >= 0.3 is 0 Å². The second-order valence-corrected chi connectivity index (χ2v) is 4.50. The van der Waals surface area contributed by atoms with Gasteiger partial charge in [0.2, 0.25) is 10.0 Å². The molecule has 0 amide bonds. The molecule has 0 aliphatic carbocycles. The maximum Gasteiger partial charge on any atom is 0.273 e. The third-order valence-corrected chi connectivity index (χ3v) is 3.04. The summed E-state index contributed by atoms with van der Waals surface area (Å²) < 4.78 is 37.2. The third kappa shape index (κ3) is 2.48. The monoisotopic (exact) mass is 234 g/mol. The minimum Gasteiger partial charge on any atom is -0.258 e. The van der Waals surface area contributed by atoms with Crippen molar-refractivity contribution in [2.75, 3.05) is 7.05 Å². The van der Waals surface area contributed by atoms with E-state index in [0.29, 0.717) is 12.1 Å². The van der Waals surface area contributed by atoms with Crippen LogP contribution in [0.3, 0.4) is 0 Å². The molecule has 0 bridgehead atoms. The lowest BCUT2D eigenvalue weighted by Crippen LogP contribution is -2.18. The predicted octanol–water partition coefficient (Wildman–Crippen LogP) is 0.642. The van der Waals surface area contributed by atoms with Gasteiger partial charge in [0.25, 0.3) is 5.69 Å². The number of nitro groups is 1. The van der Waals surface area contributed by atoms with Crippen LogP contribution in [0.1, 0.15) is 0 Å². The van der Waals surface area contributed by atoms with Crippen molar-refractivity contribution in [3.63, 3.8) is 0 Å². The van der Waals surface area contributed by atoms with Crippen molar-refractivity contribution in [1.29, 1.82) is 0 Å². The second kappa shape index (κ2) is 3.91. The molecule has 1 aromatic rings. The van der Waals surface area contributed by atoms with Gasteiger partial charge in [-0.3, -0.25) is 10.1 Å². The van der Waals surface area contributed by atoms with Gasteiger partial charge in [0.15, 0.2) is 0 Å². The number of benzene rings is 1. The average Bonchev–Trinajstić information content (AvgIpc) is 2.16. The molecular weight excluding hydrogens is 227 g/mol. The summed E-state index contributed by atoms with van der Waals surface area (Å²) in [6, 6.07) is 2.14. The fraction of sp³-hybridized carbons (Fsp3) is 0.143. The summed E-state index contributed by atoms with van der Waals surface area (Å²) >= 11 is 0. The Morgan fingerprint density at radius 1 is 1.40 bits per heavy atom. The van der Waals surface area contributed by atoms with Gasteiger partial charge in [0, 0.05) is 6.07 Å². The SMILES string of the molecule is CNS(=O)(=O)c1cc(F)cc([N+](=O)[O-])c1.